The number of rotatable bonds is 3. The predicted molar refractivity (Wildman–Crippen MR) is 72.1 cm³/mol. The summed E-state index contributed by atoms with van der Waals surface area (Å²) in [6.45, 7) is 0.866. The summed E-state index contributed by atoms with van der Waals surface area (Å²) in [4.78, 5) is 4.49. The fraction of sp³-hybridized carbons (Fsp3) is 0.462. The molecule has 86 valence electrons. The van der Waals surface area contributed by atoms with E-state index in [1.165, 1.54) is 25.0 Å². The molecule has 1 fully saturated rings. The van der Waals surface area contributed by atoms with Gasteiger partial charge in [0.25, 0.3) is 0 Å². The van der Waals surface area contributed by atoms with Gasteiger partial charge in [0.1, 0.15) is 5.84 Å². The Hall–Kier alpha value is -0.960. The SMILES string of the molecule is NC(=NCC1CCCCS1)c1ccccc1. The van der Waals surface area contributed by atoms with Gasteiger partial charge in [-0.15, -0.1) is 0 Å². The minimum absolute atomic E-state index is 0.673. The molecule has 2 rings (SSSR count). The van der Waals surface area contributed by atoms with Crippen LogP contribution in [0.3, 0.4) is 0 Å². The van der Waals surface area contributed by atoms with E-state index in [2.05, 4.69) is 4.99 Å². The van der Waals surface area contributed by atoms with E-state index in [1.54, 1.807) is 0 Å². The second-order valence-electron chi connectivity index (χ2n) is 4.08. The van der Waals surface area contributed by atoms with Gasteiger partial charge in [0.05, 0.1) is 6.54 Å². The van der Waals surface area contributed by atoms with Gasteiger partial charge in [-0.1, -0.05) is 36.8 Å². The van der Waals surface area contributed by atoms with Crippen LogP contribution in [0, 0.1) is 0 Å². The zero-order valence-corrected chi connectivity index (χ0v) is 10.2. The maximum atomic E-state index is 5.95. The summed E-state index contributed by atoms with van der Waals surface area (Å²) in [5.74, 6) is 1.96. The van der Waals surface area contributed by atoms with Crippen LogP contribution in [-0.2, 0) is 0 Å². The Kier molecular flexibility index (Phi) is 4.28. The first kappa shape index (κ1) is 11.5. The first-order valence-electron chi connectivity index (χ1n) is 5.83. The monoisotopic (exact) mass is 234 g/mol. The average molecular weight is 234 g/mol. The Morgan fingerprint density at radius 1 is 1.31 bits per heavy atom. The van der Waals surface area contributed by atoms with Gasteiger partial charge in [-0.05, 0) is 18.6 Å². The Balaban J connectivity index is 1.91. The van der Waals surface area contributed by atoms with Crippen molar-refractivity contribution in [1.82, 2.24) is 0 Å². The van der Waals surface area contributed by atoms with Crippen molar-refractivity contribution >= 4 is 17.6 Å². The fourth-order valence-electron chi connectivity index (χ4n) is 1.85. The lowest BCUT2D eigenvalue weighted by Crippen LogP contribution is -2.18. The van der Waals surface area contributed by atoms with Gasteiger partial charge in [0.15, 0.2) is 0 Å². The van der Waals surface area contributed by atoms with E-state index in [9.17, 15) is 0 Å². The second-order valence-corrected chi connectivity index (χ2v) is 5.49. The fourth-order valence-corrected chi connectivity index (χ4v) is 3.07. The van der Waals surface area contributed by atoms with Crippen LogP contribution in [0.4, 0.5) is 0 Å². The molecule has 0 radical (unpaired) electrons. The summed E-state index contributed by atoms with van der Waals surface area (Å²) in [5, 5.41) is 0.677. The Morgan fingerprint density at radius 3 is 2.81 bits per heavy atom. The maximum absolute atomic E-state index is 5.95. The zero-order valence-electron chi connectivity index (χ0n) is 9.43. The molecule has 1 unspecified atom stereocenters. The van der Waals surface area contributed by atoms with Crippen LogP contribution < -0.4 is 5.73 Å². The molecular formula is C13H18N2S. The predicted octanol–water partition coefficient (Wildman–Crippen LogP) is 2.68. The number of aliphatic imine (C=N–C) groups is 1. The molecule has 1 aliphatic heterocycles. The number of thioether (sulfide) groups is 1. The molecule has 3 heteroatoms. The molecule has 0 bridgehead atoms. The summed E-state index contributed by atoms with van der Waals surface area (Å²) in [7, 11) is 0. The molecule has 16 heavy (non-hydrogen) atoms. The number of amidine groups is 1. The first-order chi connectivity index (χ1) is 7.86. The van der Waals surface area contributed by atoms with Gasteiger partial charge in [0, 0.05) is 10.8 Å². The molecule has 0 spiro atoms. The average Bonchev–Trinajstić information content (AvgIpc) is 2.38. The smallest absolute Gasteiger partial charge is 0.125 e. The number of nitrogens with two attached hydrogens (primary N) is 1. The third-order valence-electron chi connectivity index (χ3n) is 2.81. The van der Waals surface area contributed by atoms with Gasteiger partial charge in [-0.2, -0.15) is 11.8 Å². The molecule has 1 aromatic rings. The molecular weight excluding hydrogens is 216 g/mol. The van der Waals surface area contributed by atoms with Crippen LogP contribution in [0.15, 0.2) is 35.3 Å². The van der Waals surface area contributed by atoms with Gasteiger partial charge in [-0.25, -0.2) is 0 Å². The summed E-state index contributed by atoms with van der Waals surface area (Å²) >= 11 is 2.04. The molecule has 0 aromatic heterocycles. The molecule has 1 atom stereocenters. The number of hydrogen-bond acceptors (Lipinski definition) is 2. The number of nitrogens with zero attached hydrogens (tertiary/aromatic N) is 1. The normalized spacial score (nSPS) is 22.0. The molecule has 1 aliphatic rings. The topological polar surface area (TPSA) is 38.4 Å². The van der Waals surface area contributed by atoms with E-state index in [-0.39, 0.29) is 0 Å². The van der Waals surface area contributed by atoms with Gasteiger partial charge >= 0.3 is 0 Å². The third-order valence-corrected chi connectivity index (χ3v) is 4.19. The molecule has 2 nitrogen and oxygen atoms in total. The minimum atomic E-state index is 0.673. The van der Waals surface area contributed by atoms with Crippen molar-refractivity contribution in [2.45, 2.75) is 24.5 Å². The highest BCUT2D eigenvalue weighted by molar-refractivity contribution is 7.99. The second kappa shape index (κ2) is 5.94. The van der Waals surface area contributed by atoms with Crippen LogP contribution in [0.2, 0.25) is 0 Å². The lowest BCUT2D eigenvalue weighted by molar-refractivity contribution is 0.668. The summed E-state index contributed by atoms with van der Waals surface area (Å²) < 4.78 is 0. The molecule has 1 saturated heterocycles. The number of benzene rings is 1. The molecule has 1 aromatic carbocycles. The highest BCUT2D eigenvalue weighted by Crippen LogP contribution is 2.25. The maximum Gasteiger partial charge on any atom is 0.125 e. The Labute approximate surface area is 101 Å². The van der Waals surface area contributed by atoms with Gasteiger partial charge in [-0.3, -0.25) is 4.99 Å². The summed E-state index contributed by atoms with van der Waals surface area (Å²) in [5.41, 5.74) is 6.98. The standard InChI is InChI=1S/C13H18N2S/c14-13(11-6-2-1-3-7-11)15-10-12-8-4-5-9-16-12/h1-3,6-7,12H,4-5,8-10H2,(H2,14,15). The van der Waals surface area contributed by atoms with E-state index in [1.807, 2.05) is 42.1 Å². The van der Waals surface area contributed by atoms with Crippen LogP contribution >= 0.6 is 11.8 Å². The molecule has 0 aliphatic carbocycles. The zero-order chi connectivity index (χ0) is 11.2. The van der Waals surface area contributed by atoms with Crippen molar-refractivity contribution in [1.29, 1.82) is 0 Å². The Morgan fingerprint density at radius 2 is 2.12 bits per heavy atom. The van der Waals surface area contributed by atoms with E-state index >= 15 is 0 Å². The van der Waals surface area contributed by atoms with E-state index in [4.69, 9.17) is 5.73 Å². The van der Waals surface area contributed by atoms with E-state index < -0.39 is 0 Å². The van der Waals surface area contributed by atoms with Crippen molar-refractivity contribution in [3.05, 3.63) is 35.9 Å². The van der Waals surface area contributed by atoms with Gasteiger partial charge < -0.3 is 5.73 Å². The van der Waals surface area contributed by atoms with E-state index in [0.717, 1.165) is 12.1 Å². The van der Waals surface area contributed by atoms with Crippen molar-refractivity contribution in [2.24, 2.45) is 10.7 Å². The van der Waals surface area contributed by atoms with Gasteiger partial charge in [0.2, 0.25) is 0 Å². The first-order valence-corrected chi connectivity index (χ1v) is 6.88. The highest BCUT2D eigenvalue weighted by atomic mass is 32.2. The third kappa shape index (κ3) is 3.27. The highest BCUT2D eigenvalue weighted by Gasteiger charge is 2.13. The lowest BCUT2D eigenvalue weighted by Gasteiger charge is -2.19. The van der Waals surface area contributed by atoms with Crippen LogP contribution in [0.1, 0.15) is 24.8 Å². The molecule has 0 amide bonds. The van der Waals surface area contributed by atoms with Crippen LogP contribution in [-0.4, -0.2) is 23.4 Å². The quantitative estimate of drug-likeness (QED) is 0.645. The Bertz CT molecular complexity index is 342. The van der Waals surface area contributed by atoms with E-state index in [0.29, 0.717) is 11.1 Å². The largest absolute Gasteiger partial charge is 0.384 e. The summed E-state index contributed by atoms with van der Waals surface area (Å²) in [6.07, 6.45) is 3.99. The van der Waals surface area contributed by atoms with Crippen LogP contribution in [0.5, 0.6) is 0 Å². The van der Waals surface area contributed by atoms with Crippen molar-refractivity contribution < 1.29 is 0 Å². The molecule has 2 N–H and O–H groups in total. The lowest BCUT2D eigenvalue weighted by atomic mass is 10.2. The number of hydrogen-bond donors (Lipinski definition) is 1. The molecule has 1 heterocycles. The van der Waals surface area contributed by atoms with Crippen LogP contribution in [0.25, 0.3) is 0 Å². The van der Waals surface area contributed by atoms with Crippen molar-refractivity contribution in [3.63, 3.8) is 0 Å². The molecule has 0 saturated carbocycles. The minimum Gasteiger partial charge on any atom is -0.384 e. The summed E-state index contributed by atoms with van der Waals surface area (Å²) in [6, 6.07) is 9.99. The van der Waals surface area contributed by atoms with Crippen molar-refractivity contribution in [2.75, 3.05) is 12.3 Å². The van der Waals surface area contributed by atoms with Crippen molar-refractivity contribution in [3.8, 4) is 0 Å².